The molecule has 1 saturated heterocycles. The standard InChI is InChI=1S/C18H28F2N4.HI/c1-13(2)17(24-8-4-5-9-24)12-23-18(21-3)22-11-14-10-15(19)6-7-16(14)20;/h6-7,10,13,17H,4-5,8-9,11-12H2,1-3H3,(H2,21,22,23);1H. The van der Waals surface area contributed by atoms with E-state index in [1.165, 1.54) is 18.9 Å². The van der Waals surface area contributed by atoms with Gasteiger partial charge in [-0.15, -0.1) is 24.0 Å². The van der Waals surface area contributed by atoms with Crippen molar-refractivity contribution in [2.24, 2.45) is 10.9 Å². The van der Waals surface area contributed by atoms with E-state index in [1.807, 2.05) is 0 Å². The van der Waals surface area contributed by atoms with Crippen molar-refractivity contribution in [1.29, 1.82) is 0 Å². The van der Waals surface area contributed by atoms with Crippen molar-refractivity contribution in [3.63, 3.8) is 0 Å². The normalized spacial score (nSPS) is 16.6. The molecule has 0 amide bonds. The summed E-state index contributed by atoms with van der Waals surface area (Å²) in [5.74, 6) is 0.277. The molecule has 7 heteroatoms. The summed E-state index contributed by atoms with van der Waals surface area (Å²) >= 11 is 0. The lowest BCUT2D eigenvalue weighted by atomic mass is 10.0. The Balaban J connectivity index is 0.00000312. The smallest absolute Gasteiger partial charge is 0.191 e. The highest BCUT2D eigenvalue weighted by atomic mass is 127. The van der Waals surface area contributed by atoms with Gasteiger partial charge in [0, 0.05) is 31.7 Å². The largest absolute Gasteiger partial charge is 0.355 e. The molecular weight excluding hydrogens is 437 g/mol. The Kier molecular flexibility index (Phi) is 9.63. The van der Waals surface area contributed by atoms with E-state index in [1.54, 1.807) is 7.05 Å². The van der Waals surface area contributed by atoms with E-state index in [4.69, 9.17) is 0 Å². The highest BCUT2D eigenvalue weighted by Gasteiger charge is 2.24. The van der Waals surface area contributed by atoms with E-state index >= 15 is 0 Å². The van der Waals surface area contributed by atoms with Crippen LogP contribution in [0.2, 0.25) is 0 Å². The van der Waals surface area contributed by atoms with Crippen molar-refractivity contribution in [2.75, 3.05) is 26.7 Å². The van der Waals surface area contributed by atoms with Crippen molar-refractivity contribution in [2.45, 2.75) is 39.3 Å². The predicted molar refractivity (Wildman–Crippen MR) is 109 cm³/mol. The Morgan fingerprint density at radius 1 is 1.20 bits per heavy atom. The number of nitrogens with zero attached hydrogens (tertiary/aromatic N) is 2. The van der Waals surface area contributed by atoms with Crippen molar-refractivity contribution in [3.8, 4) is 0 Å². The van der Waals surface area contributed by atoms with Gasteiger partial charge in [0.2, 0.25) is 0 Å². The molecule has 1 heterocycles. The van der Waals surface area contributed by atoms with Crippen molar-refractivity contribution < 1.29 is 8.78 Å². The summed E-state index contributed by atoms with van der Waals surface area (Å²) in [6.45, 7) is 7.71. The van der Waals surface area contributed by atoms with Gasteiger partial charge in [-0.05, 0) is 50.0 Å². The lowest BCUT2D eigenvalue weighted by Crippen LogP contribution is -2.48. The minimum Gasteiger partial charge on any atom is -0.355 e. The van der Waals surface area contributed by atoms with Crippen LogP contribution in [0.3, 0.4) is 0 Å². The molecule has 0 aliphatic carbocycles. The average molecular weight is 466 g/mol. The molecule has 1 aromatic carbocycles. The first-order valence-electron chi connectivity index (χ1n) is 8.63. The molecule has 1 aromatic rings. The summed E-state index contributed by atoms with van der Waals surface area (Å²) < 4.78 is 26.9. The summed E-state index contributed by atoms with van der Waals surface area (Å²) in [4.78, 5) is 6.68. The summed E-state index contributed by atoms with van der Waals surface area (Å²) in [5.41, 5.74) is 0.290. The summed E-state index contributed by atoms with van der Waals surface area (Å²) in [5, 5.41) is 6.37. The molecule has 0 radical (unpaired) electrons. The van der Waals surface area contributed by atoms with Gasteiger partial charge < -0.3 is 10.6 Å². The minimum atomic E-state index is -0.440. The maximum absolute atomic E-state index is 13.7. The summed E-state index contributed by atoms with van der Waals surface area (Å²) in [6, 6.07) is 3.91. The second-order valence-electron chi connectivity index (χ2n) is 6.60. The second kappa shape index (κ2) is 10.9. The zero-order valence-corrected chi connectivity index (χ0v) is 17.5. The van der Waals surface area contributed by atoms with Crippen LogP contribution >= 0.6 is 24.0 Å². The fourth-order valence-electron chi connectivity index (χ4n) is 3.14. The molecule has 1 aliphatic heterocycles. The highest BCUT2D eigenvalue weighted by molar-refractivity contribution is 14.0. The maximum atomic E-state index is 13.7. The van der Waals surface area contributed by atoms with Crippen LogP contribution in [-0.2, 0) is 6.54 Å². The van der Waals surface area contributed by atoms with Gasteiger partial charge in [-0.1, -0.05) is 13.8 Å². The van der Waals surface area contributed by atoms with Gasteiger partial charge in [-0.3, -0.25) is 9.89 Å². The van der Waals surface area contributed by atoms with Crippen molar-refractivity contribution in [1.82, 2.24) is 15.5 Å². The third kappa shape index (κ3) is 6.69. The number of aliphatic imine (C=N–C) groups is 1. The molecule has 0 aromatic heterocycles. The molecule has 0 bridgehead atoms. The van der Waals surface area contributed by atoms with E-state index in [0.717, 1.165) is 31.8 Å². The van der Waals surface area contributed by atoms with Crippen LogP contribution in [-0.4, -0.2) is 43.6 Å². The Morgan fingerprint density at radius 2 is 1.88 bits per heavy atom. The Hall–Kier alpha value is -0.960. The van der Waals surface area contributed by atoms with Gasteiger partial charge in [0.05, 0.1) is 0 Å². The molecule has 1 aliphatic rings. The van der Waals surface area contributed by atoms with Crippen molar-refractivity contribution in [3.05, 3.63) is 35.4 Å². The summed E-state index contributed by atoms with van der Waals surface area (Å²) in [6.07, 6.45) is 2.52. The number of hydrogen-bond donors (Lipinski definition) is 2. The Bertz CT molecular complexity index is 560. The first-order valence-corrected chi connectivity index (χ1v) is 8.63. The van der Waals surface area contributed by atoms with Crippen LogP contribution in [0.25, 0.3) is 0 Å². The lowest BCUT2D eigenvalue weighted by Gasteiger charge is -2.31. The number of guanidine groups is 1. The first kappa shape index (κ1) is 22.1. The SMILES string of the molecule is CN=C(NCc1cc(F)ccc1F)NCC(C(C)C)N1CCCC1.I. The minimum absolute atomic E-state index is 0. The summed E-state index contributed by atoms with van der Waals surface area (Å²) in [7, 11) is 1.68. The van der Waals surface area contributed by atoms with Gasteiger partial charge >= 0.3 is 0 Å². The monoisotopic (exact) mass is 466 g/mol. The van der Waals surface area contributed by atoms with E-state index in [9.17, 15) is 8.78 Å². The van der Waals surface area contributed by atoms with Crippen molar-refractivity contribution >= 4 is 29.9 Å². The molecule has 1 unspecified atom stereocenters. The number of hydrogen-bond acceptors (Lipinski definition) is 2. The van der Waals surface area contributed by atoms with Gasteiger partial charge in [-0.2, -0.15) is 0 Å². The van der Waals surface area contributed by atoms with Crippen LogP contribution in [0.1, 0.15) is 32.3 Å². The van der Waals surface area contributed by atoms with Crippen LogP contribution < -0.4 is 10.6 Å². The van der Waals surface area contributed by atoms with Gasteiger partial charge in [0.15, 0.2) is 5.96 Å². The van der Waals surface area contributed by atoms with E-state index < -0.39 is 11.6 Å². The first-order chi connectivity index (χ1) is 11.5. The molecule has 1 fully saturated rings. The van der Waals surface area contributed by atoms with Gasteiger partial charge in [0.25, 0.3) is 0 Å². The highest BCUT2D eigenvalue weighted by Crippen LogP contribution is 2.17. The number of benzene rings is 1. The molecule has 0 spiro atoms. The zero-order valence-electron chi connectivity index (χ0n) is 15.2. The Morgan fingerprint density at radius 3 is 2.48 bits per heavy atom. The number of rotatable bonds is 6. The van der Waals surface area contributed by atoms with Gasteiger partial charge in [0.1, 0.15) is 11.6 Å². The van der Waals surface area contributed by atoms with Crippen LogP contribution in [0.4, 0.5) is 8.78 Å². The molecule has 4 nitrogen and oxygen atoms in total. The topological polar surface area (TPSA) is 39.7 Å². The van der Waals surface area contributed by atoms with Crippen LogP contribution in [0.5, 0.6) is 0 Å². The van der Waals surface area contributed by atoms with E-state index in [2.05, 4.69) is 34.4 Å². The average Bonchev–Trinajstić information content (AvgIpc) is 3.07. The van der Waals surface area contributed by atoms with Crippen LogP contribution in [0, 0.1) is 17.6 Å². The number of halogens is 3. The maximum Gasteiger partial charge on any atom is 0.191 e. The van der Waals surface area contributed by atoms with E-state index in [-0.39, 0.29) is 36.1 Å². The molecular formula is C18H29F2IN4. The third-order valence-corrected chi connectivity index (χ3v) is 4.54. The molecule has 25 heavy (non-hydrogen) atoms. The Labute approximate surface area is 166 Å². The van der Waals surface area contributed by atoms with Gasteiger partial charge in [-0.25, -0.2) is 8.78 Å². The van der Waals surface area contributed by atoms with E-state index in [0.29, 0.717) is 17.9 Å². The fraction of sp³-hybridized carbons (Fsp3) is 0.611. The fourth-order valence-corrected chi connectivity index (χ4v) is 3.14. The molecule has 1 atom stereocenters. The molecule has 0 saturated carbocycles. The van der Waals surface area contributed by atoms with Crippen LogP contribution in [0.15, 0.2) is 23.2 Å². The molecule has 142 valence electrons. The zero-order chi connectivity index (χ0) is 17.5. The predicted octanol–water partition coefficient (Wildman–Crippen LogP) is 3.37. The molecule has 2 rings (SSSR count). The third-order valence-electron chi connectivity index (χ3n) is 4.54. The quantitative estimate of drug-likeness (QED) is 0.384. The number of likely N-dealkylation sites (tertiary alicyclic amines) is 1. The molecule has 2 N–H and O–H groups in total. The number of nitrogens with one attached hydrogen (secondary N) is 2. The second-order valence-corrected chi connectivity index (χ2v) is 6.60. The lowest BCUT2D eigenvalue weighted by molar-refractivity contribution is 0.192.